The number of fused-ring (bicyclic) bond motifs is 1. The quantitative estimate of drug-likeness (QED) is 0.380. The predicted octanol–water partition coefficient (Wildman–Crippen LogP) is 2.68. The number of nitrogens with zero attached hydrogens (tertiary/aromatic N) is 6. The smallest absolute Gasteiger partial charge is 0.293 e. The second kappa shape index (κ2) is 13.5. The maximum absolute atomic E-state index is 14.9. The van der Waals surface area contributed by atoms with Crippen molar-refractivity contribution in [2.45, 2.75) is 44.1 Å². The van der Waals surface area contributed by atoms with E-state index < -0.39 is 15.7 Å². The molecule has 1 aliphatic heterocycles. The number of nitrogens with one attached hydrogen (secondary N) is 1. The Morgan fingerprint density at radius 2 is 1.88 bits per heavy atom. The fraction of sp³-hybridized carbons (Fsp3) is 0.556. The van der Waals surface area contributed by atoms with Crippen molar-refractivity contribution in [1.29, 1.82) is 0 Å². The van der Waals surface area contributed by atoms with Gasteiger partial charge in [-0.05, 0) is 84.9 Å². The van der Waals surface area contributed by atoms with Crippen molar-refractivity contribution >= 4 is 33.2 Å². The minimum absolute atomic E-state index is 0.0765. The number of aromatic nitrogens is 4. The Bertz CT molecular complexity index is 1380. The summed E-state index contributed by atoms with van der Waals surface area (Å²) in [6.07, 6.45) is 6.41. The van der Waals surface area contributed by atoms with E-state index in [1.165, 1.54) is 23.1 Å². The van der Waals surface area contributed by atoms with Gasteiger partial charge in [-0.3, -0.25) is 4.79 Å². The highest BCUT2D eigenvalue weighted by molar-refractivity contribution is 7.90. The number of ether oxygens (including phenoxy) is 1. The Morgan fingerprint density at radius 3 is 2.42 bits per heavy atom. The van der Waals surface area contributed by atoms with Crippen molar-refractivity contribution in [1.82, 2.24) is 30.0 Å². The zero-order valence-electron chi connectivity index (χ0n) is 24.1. The molecular formula is C27H40FN7O4S. The molecule has 11 nitrogen and oxygen atoms in total. The van der Waals surface area contributed by atoms with Gasteiger partial charge in [-0.2, -0.15) is 5.10 Å². The van der Waals surface area contributed by atoms with Crippen LogP contribution in [0.25, 0.3) is 16.7 Å². The molecule has 1 saturated heterocycles. The van der Waals surface area contributed by atoms with E-state index in [9.17, 15) is 17.6 Å². The van der Waals surface area contributed by atoms with E-state index in [1.54, 1.807) is 6.20 Å². The molecule has 1 N–H and O–H groups in total. The SMILES string of the molecule is CC(C)(C)OC=O.CN(C)CCN(CC1CCNCC1)c1ncnc2c1cnn2-c1ccc(S(C)(=O)=O)cc1F. The second-order valence-electron chi connectivity index (χ2n) is 11.1. The minimum Gasteiger partial charge on any atom is -0.462 e. The first kappa shape index (κ1) is 31.4. The molecule has 1 fully saturated rings. The van der Waals surface area contributed by atoms with E-state index in [-0.39, 0.29) is 16.2 Å². The van der Waals surface area contributed by atoms with Crippen molar-refractivity contribution < 1.29 is 22.3 Å². The van der Waals surface area contributed by atoms with Gasteiger partial charge in [-0.1, -0.05) is 0 Å². The van der Waals surface area contributed by atoms with Gasteiger partial charge < -0.3 is 19.9 Å². The molecule has 40 heavy (non-hydrogen) atoms. The number of rotatable bonds is 9. The van der Waals surface area contributed by atoms with Crippen molar-refractivity contribution in [3.05, 3.63) is 36.5 Å². The molecule has 0 bridgehead atoms. The van der Waals surface area contributed by atoms with E-state index in [0.29, 0.717) is 18.0 Å². The molecule has 1 aliphatic rings. The lowest BCUT2D eigenvalue weighted by molar-refractivity contribution is -0.138. The predicted molar refractivity (Wildman–Crippen MR) is 153 cm³/mol. The molecule has 0 atom stereocenters. The first-order chi connectivity index (χ1) is 18.8. The standard InChI is InChI=1S/C22H30FN7O2S.C5H10O2/c1-28(2)10-11-29(14-16-6-8-24-9-7-16)21-18-13-27-30(22(18)26-15-25-21)20-5-4-17(12-19(20)23)33(3,31)32;1-5(2,3)7-4-6/h4-5,12-13,15-16,24H,6-11,14H2,1-3H3;4H,1-3H3. The zero-order valence-corrected chi connectivity index (χ0v) is 24.9. The first-order valence-electron chi connectivity index (χ1n) is 13.2. The lowest BCUT2D eigenvalue weighted by Crippen LogP contribution is -2.39. The van der Waals surface area contributed by atoms with Crippen LogP contribution in [0.1, 0.15) is 33.6 Å². The number of sulfone groups is 1. The molecule has 1 aromatic carbocycles. The van der Waals surface area contributed by atoms with Crippen LogP contribution in [0.15, 0.2) is 35.6 Å². The van der Waals surface area contributed by atoms with Gasteiger partial charge in [-0.15, -0.1) is 0 Å². The number of piperidine rings is 1. The molecule has 0 unspecified atom stereocenters. The van der Waals surface area contributed by atoms with Gasteiger partial charge in [0.2, 0.25) is 0 Å². The molecule has 3 aromatic rings. The van der Waals surface area contributed by atoms with Crippen molar-refractivity contribution in [3.63, 3.8) is 0 Å². The Labute approximate surface area is 235 Å². The van der Waals surface area contributed by atoms with Crippen LogP contribution in [-0.2, 0) is 19.4 Å². The van der Waals surface area contributed by atoms with Crippen LogP contribution in [0.4, 0.5) is 10.2 Å². The third-order valence-corrected chi connectivity index (χ3v) is 7.49. The lowest BCUT2D eigenvalue weighted by Gasteiger charge is -2.32. The lowest BCUT2D eigenvalue weighted by atomic mass is 9.97. The summed E-state index contributed by atoms with van der Waals surface area (Å²) < 4.78 is 44.3. The Morgan fingerprint density at radius 1 is 1.18 bits per heavy atom. The summed E-state index contributed by atoms with van der Waals surface area (Å²) in [6, 6.07) is 3.81. The molecule has 2 aromatic heterocycles. The fourth-order valence-corrected chi connectivity index (χ4v) is 4.91. The number of anilines is 1. The summed E-state index contributed by atoms with van der Waals surface area (Å²) in [6.45, 7) is 10.5. The largest absolute Gasteiger partial charge is 0.462 e. The van der Waals surface area contributed by atoms with E-state index in [1.807, 2.05) is 34.9 Å². The van der Waals surface area contributed by atoms with Crippen LogP contribution < -0.4 is 10.2 Å². The van der Waals surface area contributed by atoms with Crippen molar-refractivity contribution in [2.24, 2.45) is 5.92 Å². The zero-order chi connectivity index (χ0) is 29.5. The van der Waals surface area contributed by atoms with Gasteiger partial charge in [0.25, 0.3) is 6.47 Å². The number of hydrogen-bond donors (Lipinski definition) is 1. The summed E-state index contributed by atoms with van der Waals surface area (Å²) in [5, 5.41) is 8.52. The Balaban J connectivity index is 0.000000559. The number of likely N-dealkylation sites (N-methyl/N-ethyl adjacent to an activating group) is 1. The monoisotopic (exact) mass is 577 g/mol. The Kier molecular flexibility index (Phi) is 10.6. The maximum atomic E-state index is 14.9. The highest BCUT2D eigenvalue weighted by atomic mass is 32.2. The molecule has 0 saturated carbocycles. The summed E-state index contributed by atoms with van der Waals surface area (Å²) in [4.78, 5) is 22.9. The summed E-state index contributed by atoms with van der Waals surface area (Å²) >= 11 is 0. The third kappa shape index (κ3) is 8.67. The van der Waals surface area contributed by atoms with Gasteiger partial charge in [0.15, 0.2) is 15.5 Å². The molecule has 4 rings (SSSR count). The molecule has 220 valence electrons. The molecule has 0 aliphatic carbocycles. The number of hydrogen-bond acceptors (Lipinski definition) is 10. The van der Waals surface area contributed by atoms with Crippen LogP contribution in [-0.4, -0.2) is 98.2 Å². The molecule has 0 spiro atoms. The summed E-state index contributed by atoms with van der Waals surface area (Å²) in [5.74, 6) is 0.663. The highest BCUT2D eigenvalue weighted by Crippen LogP contribution is 2.28. The van der Waals surface area contributed by atoms with Gasteiger partial charge in [-0.25, -0.2) is 27.5 Å². The first-order valence-corrected chi connectivity index (χ1v) is 15.1. The van der Waals surface area contributed by atoms with Crippen molar-refractivity contribution in [3.8, 4) is 5.69 Å². The molecular weight excluding hydrogens is 537 g/mol. The molecule has 3 heterocycles. The van der Waals surface area contributed by atoms with E-state index in [0.717, 1.165) is 69.1 Å². The van der Waals surface area contributed by atoms with E-state index >= 15 is 0 Å². The summed E-state index contributed by atoms with van der Waals surface area (Å²) in [7, 11) is 0.572. The minimum atomic E-state index is -3.51. The van der Waals surface area contributed by atoms with Gasteiger partial charge in [0, 0.05) is 25.9 Å². The summed E-state index contributed by atoms with van der Waals surface area (Å²) in [5.41, 5.74) is 0.299. The van der Waals surface area contributed by atoms with Crippen LogP contribution >= 0.6 is 0 Å². The molecule has 13 heteroatoms. The normalized spacial score (nSPS) is 14.6. The van der Waals surface area contributed by atoms with E-state index in [2.05, 4.69) is 34.9 Å². The topological polar surface area (TPSA) is 123 Å². The van der Waals surface area contributed by atoms with Crippen LogP contribution in [0.3, 0.4) is 0 Å². The molecule has 0 amide bonds. The number of benzene rings is 1. The Hall–Kier alpha value is -3.16. The second-order valence-corrected chi connectivity index (χ2v) is 13.2. The van der Waals surface area contributed by atoms with Gasteiger partial charge >= 0.3 is 0 Å². The fourth-order valence-electron chi connectivity index (χ4n) is 4.27. The number of halogens is 1. The number of carbonyl (C=O) groups excluding carboxylic acids is 1. The average Bonchev–Trinajstić information content (AvgIpc) is 3.30. The average molecular weight is 578 g/mol. The van der Waals surface area contributed by atoms with Gasteiger partial charge in [0.1, 0.15) is 29.3 Å². The molecule has 0 radical (unpaired) electrons. The number of carbonyl (C=O) groups is 1. The maximum Gasteiger partial charge on any atom is 0.293 e. The third-order valence-electron chi connectivity index (χ3n) is 6.38. The van der Waals surface area contributed by atoms with Crippen LogP contribution in [0.2, 0.25) is 0 Å². The highest BCUT2D eigenvalue weighted by Gasteiger charge is 2.22. The van der Waals surface area contributed by atoms with Crippen LogP contribution in [0.5, 0.6) is 0 Å². The van der Waals surface area contributed by atoms with Crippen molar-refractivity contribution in [2.75, 3.05) is 58.0 Å². The van der Waals surface area contributed by atoms with E-state index in [4.69, 9.17) is 0 Å². The van der Waals surface area contributed by atoms with Crippen LogP contribution in [0, 0.1) is 11.7 Å². The van der Waals surface area contributed by atoms with Gasteiger partial charge in [0.05, 0.1) is 16.5 Å².